The smallest absolute Gasteiger partial charge is 0.337 e. The first-order valence-electron chi connectivity index (χ1n) is 10.2. The summed E-state index contributed by atoms with van der Waals surface area (Å²) in [6, 6.07) is 3.00. The molecule has 33 heavy (non-hydrogen) atoms. The number of carbonyl (C=O) groups is 3. The third-order valence-electron chi connectivity index (χ3n) is 3.82. The van der Waals surface area contributed by atoms with E-state index < -0.39 is 34.6 Å². The fourth-order valence-corrected chi connectivity index (χ4v) is 2.22. The second-order valence-corrected chi connectivity index (χ2v) is 6.31. The highest BCUT2D eigenvalue weighted by atomic mass is 16.5. The first kappa shape index (κ1) is 32.6. The quantitative estimate of drug-likeness (QED) is 0.209. The van der Waals surface area contributed by atoms with E-state index in [4.69, 9.17) is 24.1 Å². The van der Waals surface area contributed by atoms with Crippen LogP contribution in [0.25, 0.3) is 0 Å². The number of nitrogens with two attached hydrogens (primary N) is 2. The summed E-state index contributed by atoms with van der Waals surface area (Å²) in [5, 5.41) is 34.0. The lowest BCUT2D eigenvalue weighted by atomic mass is 10.0. The van der Waals surface area contributed by atoms with E-state index in [1.54, 1.807) is 28.4 Å². The fourth-order valence-electron chi connectivity index (χ4n) is 2.22. The van der Waals surface area contributed by atoms with Gasteiger partial charge in [0.25, 0.3) is 0 Å². The van der Waals surface area contributed by atoms with Crippen LogP contribution in [0.15, 0.2) is 18.2 Å². The van der Waals surface area contributed by atoms with Crippen LogP contribution < -0.4 is 20.8 Å². The first-order chi connectivity index (χ1) is 15.8. The average molecular weight is 477 g/mol. The van der Waals surface area contributed by atoms with Gasteiger partial charge in [0.05, 0.1) is 70.1 Å². The molecule has 0 unspecified atom stereocenters. The highest BCUT2D eigenvalue weighted by Gasteiger charge is 2.16. The molecular weight excluding hydrogens is 440 g/mol. The van der Waals surface area contributed by atoms with Gasteiger partial charge in [-0.25, -0.2) is 4.79 Å². The van der Waals surface area contributed by atoms with Gasteiger partial charge in [-0.1, -0.05) is 18.2 Å². The molecule has 12 heteroatoms. The van der Waals surface area contributed by atoms with Crippen LogP contribution in [0, 0.1) is 0 Å². The number of rotatable bonds is 15. The van der Waals surface area contributed by atoms with Crippen molar-refractivity contribution in [2.24, 2.45) is 0 Å². The molecule has 0 fully saturated rings. The Morgan fingerprint density at radius 1 is 0.727 bits per heavy atom. The molecule has 0 saturated carbocycles. The molecule has 0 bridgehead atoms. The molecule has 1 aromatic rings. The molecule has 190 valence electrons. The van der Waals surface area contributed by atoms with E-state index in [1.165, 1.54) is 0 Å². The molecule has 12 nitrogen and oxygen atoms in total. The normalized spacial score (nSPS) is 9.82. The van der Waals surface area contributed by atoms with Crippen LogP contribution in [0.1, 0.15) is 31.1 Å². The Bertz CT molecular complexity index is 612. The maximum atomic E-state index is 10.7. The van der Waals surface area contributed by atoms with Crippen molar-refractivity contribution in [2.45, 2.75) is 0 Å². The second kappa shape index (κ2) is 22.6. The van der Waals surface area contributed by atoms with E-state index in [2.05, 4.69) is 10.6 Å². The van der Waals surface area contributed by atoms with Gasteiger partial charge in [0.2, 0.25) is 0 Å². The molecule has 5 N–H and O–H groups in total. The van der Waals surface area contributed by atoms with Crippen LogP contribution in [-0.4, -0.2) is 104 Å². The Morgan fingerprint density at radius 3 is 1.24 bits per heavy atom. The number of aromatic carboxylic acids is 3. The van der Waals surface area contributed by atoms with Gasteiger partial charge < -0.3 is 54.5 Å². The van der Waals surface area contributed by atoms with E-state index >= 15 is 0 Å². The van der Waals surface area contributed by atoms with Crippen LogP contribution in [0.4, 0.5) is 0 Å². The van der Waals surface area contributed by atoms with Crippen molar-refractivity contribution in [1.29, 1.82) is 0 Å². The number of methoxy groups -OCH3 is 4. The number of carboxylic acid groups (broad SMARTS) is 3. The maximum absolute atomic E-state index is 10.7. The fraction of sp³-hybridized carbons (Fsp3) is 0.571. The van der Waals surface area contributed by atoms with Crippen molar-refractivity contribution < 1.29 is 59.3 Å². The Labute approximate surface area is 193 Å². The maximum Gasteiger partial charge on any atom is 0.337 e. The number of carbonyl (C=O) groups excluding carboxylic acids is 2. The van der Waals surface area contributed by atoms with Crippen molar-refractivity contribution in [3.63, 3.8) is 0 Å². The van der Waals surface area contributed by atoms with E-state index in [0.717, 1.165) is 70.8 Å². The number of hydrogen-bond acceptors (Lipinski definition) is 9. The molecule has 0 aromatic heterocycles. The topological polar surface area (TPSA) is 188 Å². The standard InChI is InChI=1S/C9H6O6.2C6H15NO2/c10-7(11)4-2-1-3-5(8(12)13)6(4)9(14)15;2*1-8-5-3-7-4-6-9-2/h1-3H,(H,10,11)(H,12,13)(H,14,15);2*7H,3-6H2,1-2H3. The highest BCUT2D eigenvalue weighted by molar-refractivity contribution is 6.08. The number of quaternary nitrogens is 2. The average Bonchev–Trinajstić information content (AvgIpc) is 2.79. The minimum absolute atomic E-state index is 0.691. The molecule has 1 aromatic carbocycles. The minimum atomic E-state index is -1.75. The van der Waals surface area contributed by atoms with Gasteiger partial charge in [0.15, 0.2) is 0 Å². The molecule has 0 aliphatic heterocycles. The highest BCUT2D eigenvalue weighted by Crippen LogP contribution is 2.14. The Morgan fingerprint density at radius 2 is 1.03 bits per heavy atom. The van der Waals surface area contributed by atoms with Gasteiger partial charge >= 0.3 is 5.97 Å². The lowest BCUT2D eigenvalue weighted by molar-refractivity contribution is -0.657. The summed E-state index contributed by atoms with van der Waals surface area (Å²) in [7, 11) is 6.85. The summed E-state index contributed by atoms with van der Waals surface area (Å²) in [6.07, 6.45) is 0. The molecule has 0 atom stereocenters. The van der Waals surface area contributed by atoms with Gasteiger partial charge in [-0.2, -0.15) is 0 Å². The monoisotopic (exact) mass is 476 g/mol. The largest absolute Gasteiger partial charge is 0.545 e. The zero-order valence-corrected chi connectivity index (χ0v) is 19.7. The van der Waals surface area contributed by atoms with Crippen LogP contribution in [0.3, 0.4) is 0 Å². The van der Waals surface area contributed by atoms with Crippen LogP contribution >= 0.6 is 0 Å². The molecular formula is C21H36N2O10. The molecule has 0 saturated heterocycles. The van der Waals surface area contributed by atoms with Crippen molar-refractivity contribution in [3.8, 4) is 0 Å². The molecule has 1 rings (SSSR count). The summed E-state index contributed by atoms with van der Waals surface area (Å²) < 4.78 is 19.4. The van der Waals surface area contributed by atoms with Crippen LogP contribution in [-0.2, 0) is 18.9 Å². The van der Waals surface area contributed by atoms with Crippen molar-refractivity contribution in [1.82, 2.24) is 0 Å². The Hall–Kier alpha value is -2.61. The minimum Gasteiger partial charge on any atom is -0.545 e. The Balaban J connectivity index is 0. The second-order valence-electron chi connectivity index (χ2n) is 6.31. The van der Waals surface area contributed by atoms with Gasteiger partial charge in [-0.3, -0.25) is 0 Å². The molecule has 0 heterocycles. The van der Waals surface area contributed by atoms with Crippen molar-refractivity contribution in [2.75, 3.05) is 81.0 Å². The molecule has 0 amide bonds. The SMILES string of the molecule is COCC[NH2+]CCOC.COCC[NH2+]CCOC.O=C([O-])c1cccc(C(=O)[O-])c1C(=O)O. The van der Waals surface area contributed by atoms with Crippen molar-refractivity contribution >= 4 is 17.9 Å². The number of carboxylic acids is 3. The molecule has 0 aliphatic carbocycles. The summed E-state index contributed by atoms with van der Waals surface area (Å²) in [6.45, 7) is 7.40. The predicted octanol–water partition coefficient (Wildman–Crippen LogP) is -4.20. The number of benzene rings is 1. The summed E-state index contributed by atoms with van der Waals surface area (Å²) >= 11 is 0. The van der Waals surface area contributed by atoms with E-state index in [9.17, 15) is 24.6 Å². The summed E-state index contributed by atoms with van der Waals surface area (Å²) in [5.41, 5.74) is -2.22. The molecule has 0 aliphatic rings. The van der Waals surface area contributed by atoms with Gasteiger partial charge in [-0.15, -0.1) is 0 Å². The third-order valence-corrected chi connectivity index (χ3v) is 3.82. The first-order valence-corrected chi connectivity index (χ1v) is 10.2. The number of hydrogen-bond donors (Lipinski definition) is 3. The number of ether oxygens (including phenoxy) is 4. The summed E-state index contributed by atoms with van der Waals surface area (Å²) in [4.78, 5) is 31.7. The summed E-state index contributed by atoms with van der Waals surface area (Å²) in [5.74, 6) is -5.17. The molecule has 0 spiro atoms. The van der Waals surface area contributed by atoms with Gasteiger partial charge in [0.1, 0.15) is 0 Å². The zero-order valence-electron chi connectivity index (χ0n) is 19.7. The lowest BCUT2D eigenvalue weighted by Crippen LogP contribution is -2.86. The zero-order chi connectivity index (χ0) is 25.5. The van der Waals surface area contributed by atoms with Gasteiger partial charge in [-0.05, 0) is 0 Å². The van der Waals surface area contributed by atoms with E-state index in [0.29, 0.717) is 0 Å². The van der Waals surface area contributed by atoms with E-state index in [1.807, 2.05) is 0 Å². The van der Waals surface area contributed by atoms with Crippen LogP contribution in [0.2, 0.25) is 0 Å². The third kappa shape index (κ3) is 17.6. The lowest BCUT2D eigenvalue weighted by Gasteiger charge is -2.12. The van der Waals surface area contributed by atoms with E-state index in [-0.39, 0.29) is 0 Å². The van der Waals surface area contributed by atoms with Crippen molar-refractivity contribution in [3.05, 3.63) is 34.9 Å². The predicted molar refractivity (Wildman–Crippen MR) is 113 cm³/mol. The molecule has 0 radical (unpaired) electrons. The Kier molecular flexibility index (Phi) is 22.3. The van der Waals surface area contributed by atoms with Gasteiger partial charge in [0, 0.05) is 39.6 Å². The van der Waals surface area contributed by atoms with Crippen LogP contribution in [0.5, 0.6) is 0 Å².